The van der Waals surface area contributed by atoms with E-state index in [1.54, 1.807) is 18.4 Å². The van der Waals surface area contributed by atoms with Crippen molar-refractivity contribution in [3.63, 3.8) is 0 Å². The van der Waals surface area contributed by atoms with E-state index < -0.39 is 0 Å². The molecule has 0 aromatic heterocycles. The van der Waals surface area contributed by atoms with Crippen molar-refractivity contribution < 1.29 is 5.21 Å². The van der Waals surface area contributed by atoms with Gasteiger partial charge in [0.2, 0.25) is 0 Å². The highest BCUT2D eigenvalue weighted by atomic mass is 16.4. The van der Waals surface area contributed by atoms with Gasteiger partial charge in [0.15, 0.2) is 0 Å². The van der Waals surface area contributed by atoms with Gasteiger partial charge in [-0.1, -0.05) is 5.16 Å². The molecule has 1 aliphatic heterocycles. The fraction of sp³-hybridized carbons (Fsp3) is 0. The van der Waals surface area contributed by atoms with Gasteiger partial charge < -0.3 is 5.21 Å². The number of fused-ring (bicyclic) bond motifs is 1. The first kappa shape index (κ1) is 6.09. The van der Waals surface area contributed by atoms with Crippen molar-refractivity contribution in [3.8, 4) is 0 Å². The summed E-state index contributed by atoms with van der Waals surface area (Å²) in [6, 6.07) is 0. The lowest BCUT2D eigenvalue weighted by molar-refractivity contribution is 0.320. The number of hydrogen-bond donors (Lipinski definition) is 1. The molecule has 0 aromatic carbocycles. The Morgan fingerprint density at radius 1 is 1.27 bits per heavy atom. The average Bonchev–Trinajstić information content (AvgIpc) is 2.50. The maximum atomic E-state index is 8.44. The highest BCUT2D eigenvalue weighted by Crippen LogP contribution is 2.14. The van der Waals surface area contributed by atoms with E-state index in [9.17, 15) is 0 Å². The first-order valence-corrected chi connectivity index (χ1v) is 3.27. The van der Waals surface area contributed by atoms with Crippen LogP contribution >= 0.6 is 0 Å². The van der Waals surface area contributed by atoms with Gasteiger partial charge in [0.1, 0.15) is 5.71 Å². The monoisotopic (exact) mass is 146 g/mol. The number of hydrogen-bond acceptors (Lipinski definition) is 3. The molecule has 0 aromatic rings. The molecule has 1 aliphatic carbocycles. The van der Waals surface area contributed by atoms with Gasteiger partial charge in [-0.2, -0.15) is 0 Å². The predicted octanol–water partition coefficient (Wildman–Crippen LogP) is 1.28. The van der Waals surface area contributed by atoms with Gasteiger partial charge in [-0.3, -0.25) is 4.99 Å². The van der Waals surface area contributed by atoms with Crippen LogP contribution in [-0.4, -0.2) is 16.6 Å². The molecular formula is C8H6N2O. The van der Waals surface area contributed by atoms with Crippen LogP contribution in [0.15, 0.2) is 46.2 Å². The van der Waals surface area contributed by atoms with Crippen molar-refractivity contribution in [3.05, 3.63) is 36.1 Å². The van der Waals surface area contributed by atoms with Crippen molar-refractivity contribution >= 4 is 11.4 Å². The molecule has 0 atom stereocenters. The summed E-state index contributed by atoms with van der Waals surface area (Å²) in [5.41, 5.74) is 2.49. The second-order valence-corrected chi connectivity index (χ2v) is 2.29. The fourth-order valence-electron chi connectivity index (χ4n) is 1.05. The van der Waals surface area contributed by atoms with E-state index in [2.05, 4.69) is 10.1 Å². The molecule has 11 heavy (non-hydrogen) atoms. The molecule has 0 bridgehead atoms. The molecule has 0 amide bonds. The predicted molar refractivity (Wildman–Crippen MR) is 43.0 cm³/mol. The van der Waals surface area contributed by atoms with Crippen LogP contribution in [0.1, 0.15) is 0 Å². The van der Waals surface area contributed by atoms with Crippen LogP contribution in [0.2, 0.25) is 0 Å². The fourth-order valence-corrected chi connectivity index (χ4v) is 1.05. The SMILES string of the molecule is O/N=C1\C=CC2=NC=CC2=C1. The Morgan fingerprint density at radius 2 is 2.18 bits per heavy atom. The molecular weight excluding hydrogens is 140 g/mol. The van der Waals surface area contributed by atoms with E-state index in [0.29, 0.717) is 5.71 Å². The summed E-state index contributed by atoms with van der Waals surface area (Å²) in [6.45, 7) is 0. The smallest absolute Gasteiger partial charge is 0.103 e. The second kappa shape index (κ2) is 2.20. The Kier molecular flexibility index (Phi) is 1.22. The second-order valence-electron chi connectivity index (χ2n) is 2.29. The van der Waals surface area contributed by atoms with Gasteiger partial charge >= 0.3 is 0 Å². The molecule has 3 heteroatoms. The van der Waals surface area contributed by atoms with Crippen molar-refractivity contribution in [1.82, 2.24) is 0 Å². The average molecular weight is 146 g/mol. The molecule has 3 nitrogen and oxygen atoms in total. The van der Waals surface area contributed by atoms with Crippen molar-refractivity contribution in [2.24, 2.45) is 10.1 Å². The third-order valence-electron chi connectivity index (χ3n) is 1.59. The lowest BCUT2D eigenvalue weighted by atomic mass is 10.0. The Hall–Kier alpha value is -1.64. The Morgan fingerprint density at radius 3 is 3.00 bits per heavy atom. The summed E-state index contributed by atoms with van der Waals surface area (Å²) < 4.78 is 0. The van der Waals surface area contributed by atoms with Gasteiger partial charge in [0.05, 0.1) is 5.71 Å². The van der Waals surface area contributed by atoms with Gasteiger partial charge in [-0.15, -0.1) is 0 Å². The molecule has 2 aliphatic rings. The molecule has 0 fully saturated rings. The first-order chi connectivity index (χ1) is 5.40. The van der Waals surface area contributed by atoms with E-state index in [4.69, 9.17) is 5.21 Å². The topological polar surface area (TPSA) is 45.0 Å². The highest BCUT2D eigenvalue weighted by Gasteiger charge is 2.10. The minimum Gasteiger partial charge on any atom is -0.410 e. The summed E-state index contributed by atoms with van der Waals surface area (Å²) in [7, 11) is 0. The Bertz CT molecular complexity index is 332. The zero-order valence-electron chi connectivity index (χ0n) is 5.73. The van der Waals surface area contributed by atoms with Crippen LogP contribution in [0.3, 0.4) is 0 Å². The molecule has 0 saturated carbocycles. The van der Waals surface area contributed by atoms with Crippen molar-refractivity contribution in [2.75, 3.05) is 0 Å². The highest BCUT2D eigenvalue weighted by molar-refractivity contribution is 6.23. The lowest BCUT2D eigenvalue weighted by Gasteiger charge is -2.01. The maximum Gasteiger partial charge on any atom is 0.103 e. The zero-order chi connectivity index (χ0) is 7.68. The van der Waals surface area contributed by atoms with Crippen LogP contribution in [-0.2, 0) is 0 Å². The van der Waals surface area contributed by atoms with Crippen LogP contribution in [0.5, 0.6) is 0 Å². The van der Waals surface area contributed by atoms with Crippen LogP contribution in [0.4, 0.5) is 0 Å². The summed E-state index contributed by atoms with van der Waals surface area (Å²) in [4.78, 5) is 4.07. The quantitative estimate of drug-likeness (QED) is 0.312. The zero-order valence-corrected chi connectivity index (χ0v) is 5.73. The van der Waals surface area contributed by atoms with Crippen LogP contribution in [0.25, 0.3) is 0 Å². The third-order valence-corrected chi connectivity index (χ3v) is 1.59. The minimum absolute atomic E-state index is 0.561. The Labute approximate surface area is 63.8 Å². The van der Waals surface area contributed by atoms with Crippen LogP contribution in [0, 0.1) is 0 Å². The number of nitrogens with zero attached hydrogens (tertiary/aromatic N) is 2. The summed E-state index contributed by atoms with van der Waals surface area (Å²) >= 11 is 0. The summed E-state index contributed by atoms with van der Waals surface area (Å²) in [6.07, 6.45) is 8.93. The number of oxime groups is 1. The maximum absolute atomic E-state index is 8.44. The molecule has 0 radical (unpaired) electrons. The number of rotatable bonds is 0. The molecule has 0 spiro atoms. The first-order valence-electron chi connectivity index (χ1n) is 3.27. The third kappa shape index (κ3) is 0.902. The van der Waals surface area contributed by atoms with Gasteiger partial charge in [0, 0.05) is 11.8 Å². The summed E-state index contributed by atoms with van der Waals surface area (Å²) in [5.74, 6) is 0. The molecule has 54 valence electrons. The van der Waals surface area contributed by atoms with E-state index in [1.165, 1.54) is 0 Å². The van der Waals surface area contributed by atoms with E-state index in [1.807, 2.05) is 12.2 Å². The minimum atomic E-state index is 0.561. The number of allylic oxidation sites excluding steroid dienone is 5. The molecule has 1 N–H and O–H groups in total. The normalized spacial score (nSPS) is 23.5. The van der Waals surface area contributed by atoms with E-state index in [-0.39, 0.29) is 0 Å². The van der Waals surface area contributed by atoms with Crippen LogP contribution < -0.4 is 0 Å². The van der Waals surface area contributed by atoms with Gasteiger partial charge in [-0.05, 0) is 24.3 Å². The standard InChI is InChI=1S/C8H6N2O/c11-10-7-1-2-8-6(5-7)3-4-9-8/h1-5,11H/b10-7+. The van der Waals surface area contributed by atoms with Crippen molar-refractivity contribution in [1.29, 1.82) is 0 Å². The largest absolute Gasteiger partial charge is 0.410 e. The molecule has 2 rings (SSSR count). The van der Waals surface area contributed by atoms with Gasteiger partial charge in [0.25, 0.3) is 0 Å². The lowest BCUT2D eigenvalue weighted by Crippen LogP contribution is -2.03. The Balaban J connectivity index is 2.45. The molecule has 1 heterocycles. The molecule has 0 unspecified atom stereocenters. The van der Waals surface area contributed by atoms with E-state index >= 15 is 0 Å². The summed E-state index contributed by atoms with van der Waals surface area (Å²) in [5, 5.41) is 11.5. The van der Waals surface area contributed by atoms with Gasteiger partial charge in [-0.25, -0.2) is 0 Å². The van der Waals surface area contributed by atoms with E-state index in [0.717, 1.165) is 11.3 Å². The molecule has 0 saturated heterocycles. The van der Waals surface area contributed by atoms with Crippen molar-refractivity contribution in [2.45, 2.75) is 0 Å². The number of aliphatic imine (C=N–C) groups is 1.